The van der Waals surface area contributed by atoms with Gasteiger partial charge in [0.25, 0.3) is 5.91 Å². The molecule has 0 bridgehead atoms. The maximum Gasteiger partial charge on any atom is 0.310 e. The number of carbonyl (C=O) groups is 2. The molecule has 1 aliphatic carbocycles. The zero-order chi connectivity index (χ0) is 23.3. The lowest BCUT2D eigenvalue weighted by Gasteiger charge is -2.21. The normalized spacial score (nSPS) is 14.4. The van der Waals surface area contributed by atoms with Crippen LogP contribution in [-0.4, -0.2) is 33.8 Å². The topological polar surface area (TPSA) is 97.0 Å². The van der Waals surface area contributed by atoms with Gasteiger partial charge in [0.15, 0.2) is 6.61 Å². The van der Waals surface area contributed by atoms with Gasteiger partial charge in [0.1, 0.15) is 5.54 Å². The first-order valence-corrected chi connectivity index (χ1v) is 11.1. The van der Waals surface area contributed by atoms with Crippen molar-refractivity contribution in [1.29, 1.82) is 5.26 Å². The van der Waals surface area contributed by atoms with E-state index in [-0.39, 0.29) is 6.42 Å². The molecule has 1 saturated carbocycles. The SMILES string of the molecule is N#CC1(NC(=O)COC(=O)Cc2cn(-c3ccccc3)nc2-c2ccc(Cl)cc2)CCCC1. The Morgan fingerprint density at radius 2 is 1.82 bits per heavy atom. The van der Waals surface area contributed by atoms with Crippen LogP contribution < -0.4 is 5.32 Å². The molecule has 33 heavy (non-hydrogen) atoms. The Labute approximate surface area is 196 Å². The van der Waals surface area contributed by atoms with Crippen molar-refractivity contribution in [2.75, 3.05) is 6.61 Å². The van der Waals surface area contributed by atoms with Crippen molar-refractivity contribution in [2.45, 2.75) is 37.6 Å². The smallest absolute Gasteiger partial charge is 0.310 e. The molecular formula is C25H23ClN4O3. The van der Waals surface area contributed by atoms with Crippen molar-refractivity contribution >= 4 is 23.5 Å². The van der Waals surface area contributed by atoms with Crippen LogP contribution in [-0.2, 0) is 20.7 Å². The fraction of sp³-hybridized carbons (Fsp3) is 0.280. The van der Waals surface area contributed by atoms with Crippen LogP contribution in [0.15, 0.2) is 60.8 Å². The van der Waals surface area contributed by atoms with Gasteiger partial charge in [0.05, 0.1) is 23.9 Å². The lowest BCUT2D eigenvalue weighted by Crippen LogP contribution is -2.46. The molecule has 1 aromatic heterocycles. The molecule has 8 heteroatoms. The number of carbonyl (C=O) groups excluding carboxylic acids is 2. The number of para-hydroxylation sites is 1. The number of nitrogens with one attached hydrogen (secondary N) is 1. The maximum atomic E-state index is 12.6. The van der Waals surface area contributed by atoms with E-state index in [4.69, 9.17) is 16.3 Å². The highest BCUT2D eigenvalue weighted by molar-refractivity contribution is 6.30. The third-order valence-electron chi connectivity index (χ3n) is 5.68. The van der Waals surface area contributed by atoms with Gasteiger partial charge in [0.2, 0.25) is 0 Å². The van der Waals surface area contributed by atoms with Crippen molar-refractivity contribution in [2.24, 2.45) is 0 Å². The summed E-state index contributed by atoms with van der Waals surface area (Å²) < 4.78 is 6.92. The van der Waals surface area contributed by atoms with Crippen LogP contribution in [0.25, 0.3) is 16.9 Å². The van der Waals surface area contributed by atoms with Crippen molar-refractivity contribution in [3.8, 4) is 23.0 Å². The second kappa shape index (κ2) is 9.88. The Kier molecular flexibility index (Phi) is 6.76. The molecule has 1 fully saturated rings. The summed E-state index contributed by atoms with van der Waals surface area (Å²) in [6, 6.07) is 19.0. The molecule has 4 rings (SSSR count). The summed E-state index contributed by atoms with van der Waals surface area (Å²) in [5.41, 5.74) is 2.11. The summed E-state index contributed by atoms with van der Waals surface area (Å²) in [5.74, 6) is -1.02. The number of amides is 1. The van der Waals surface area contributed by atoms with Crippen LogP contribution in [0.3, 0.4) is 0 Å². The van der Waals surface area contributed by atoms with Gasteiger partial charge in [-0.05, 0) is 49.9 Å². The number of hydrogen-bond donors (Lipinski definition) is 1. The fourth-order valence-corrected chi connectivity index (χ4v) is 4.13. The highest BCUT2D eigenvalue weighted by Crippen LogP contribution is 2.29. The van der Waals surface area contributed by atoms with Gasteiger partial charge >= 0.3 is 5.97 Å². The van der Waals surface area contributed by atoms with E-state index in [0.717, 1.165) is 24.1 Å². The molecule has 0 unspecified atom stereocenters. The minimum absolute atomic E-state index is 0.0541. The first-order chi connectivity index (χ1) is 16.0. The summed E-state index contributed by atoms with van der Waals surface area (Å²) in [7, 11) is 0. The minimum atomic E-state index is -0.845. The van der Waals surface area contributed by atoms with Crippen LogP contribution in [0.5, 0.6) is 0 Å². The van der Waals surface area contributed by atoms with Crippen LogP contribution in [0.2, 0.25) is 5.02 Å². The summed E-state index contributed by atoms with van der Waals surface area (Å²) in [6.45, 7) is -0.425. The van der Waals surface area contributed by atoms with Crippen LogP contribution >= 0.6 is 11.6 Å². The number of rotatable bonds is 7. The highest BCUT2D eigenvalue weighted by atomic mass is 35.5. The Morgan fingerprint density at radius 3 is 2.48 bits per heavy atom. The molecule has 0 radical (unpaired) electrons. The molecule has 2 aromatic carbocycles. The van der Waals surface area contributed by atoms with Gasteiger partial charge < -0.3 is 10.1 Å². The predicted molar refractivity (Wildman–Crippen MR) is 124 cm³/mol. The molecule has 1 heterocycles. The molecule has 1 aliphatic rings. The summed E-state index contributed by atoms with van der Waals surface area (Å²) in [5, 5.41) is 17.4. The monoisotopic (exact) mass is 462 g/mol. The molecule has 0 atom stereocenters. The zero-order valence-corrected chi connectivity index (χ0v) is 18.7. The highest BCUT2D eigenvalue weighted by Gasteiger charge is 2.35. The minimum Gasteiger partial charge on any atom is -0.455 e. The Bertz CT molecular complexity index is 1180. The second-order valence-corrected chi connectivity index (χ2v) is 8.51. The lowest BCUT2D eigenvalue weighted by atomic mass is 10.00. The van der Waals surface area contributed by atoms with Crippen molar-refractivity contribution in [1.82, 2.24) is 15.1 Å². The second-order valence-electron chi connectivity index (χ2n) is 8.08. The molecule has 7 nitrogen and oxygen atoms in total. The van der Waals surface area contributed by atoms with E-state index in [2.05, 4.69) is 16.5 Å². The van der Waals surface area contributed by atoms with Crippen LogP contribution in [0.4, 0.5) is 0 Å². The van der Waals surface area contributed by atoms with Crippen molar-refractivity contribution < 1.29 is 14.3 Å². The van der Waals surface area contributed by atoms with Gasteiger partial charge in [-0.3, -0.25) is 9.59 Å². The van der Waals surface area contributed by atoms with E-state index in [9.17, 15) is 14.9 Å². The van der Waals surface area contributed by atoms with E-state index >= 15 is 0 Å². The van der Waals surface area contributed by atoms with E-state index in [1.807, 2.05) is 42.5 Å². The summed E-state index contributed by atoms with van der Waals surface area (Å²) in [4.78, 5) is 24.8. The first kappa shape index (κ1) is 22.6. The molecule has 0 spiro atoms. The van der Waals surface area contributed by atoms with Crippen molar-refractivity contribution in [3.63, 3.8) is 0 Å². The van der Waals surface area contributed by atoms with E-state index in [1.54, 1.807) is 23.0 Å². The quantitative estimate of drug-likeness (QED) is 0.530. The van der Waals surface area contributed by atoms with E-state index < -0.39 is 24.0 Å². The number of benzene rings is 2. The third kappa shape index (κ3) is 5.41. The van der Waals surface area contributed by atoms with Crippen molar-refractivity contribution in [3.05, 3.63) is 71.4 Å². The molecule has 3 aromatic rings. The average Bonchev–Trinajstić information content (AvgIpc) is 3.47. The number of nitrogens with zero attached hydrogens (tertiary/aromatic N) is 3. The Balaban J connectivity index is 1.47. The Morgan fingerprint density at radius 1 is 1.12 bits per heavy atom. The molecular weight excluding hydrogens is 440 g/mol. The lowest BCUT2D eigenvalue weighted by molar-refractivity contribution is -0.148. The van der Waals surface area contributed by atoms with Gasteiger partial charge in [-0.25, -0.2) is 4.68 Å². The van der Waals surface area contributed by atoms with Gasteiger partial charge in [0, 0.05) is 22.3 Å². The number of hydrogen-bond acceptors (Lipinski definition) is 5. The molecule has 0 aliphatic heterocycles. The number of halogens is 1. The van der Waals surface area contributed by atoms with Gasteiger partial charge in [-0.2, -0.15) is 10.4 Å². The van der Waals surface area contributed by atoms with Crippen LogP contribution in [0, 0.1) is 11.3 Å². The standard InChI is InChI=1S/C25H23ClN4O3/c26-20-10-8-18(9-11-20)24-19(15-30(29-24)21-6-2-1-3-7-21)14-23(32)33-16-22(31)28-25(17-27)12-4-5-13-25/h1-3,6-11,15H,4-5,12-14,16H2,(H,28,31). The number of ether oxygens (including phenoxy) is 1. The number of aromatic nitrogens is 2. The fourth-order valence-electron chi connectivity index (χ4n) is 4.00. The molecule has 1 amide bonds. The third-order valence-corrected chi connectivity index (χ3v) is 5.93. The largest absolute Gasteiger partial charge is 0.455 e. The molecule has 0 saturated heterocycles. The predicted octanol–water partition coefficient (Wildman–Crippen LogP) is 4.23. The van der Waals surface area contributed by atoms with E-state index in [1.165, 1.54) is 0 Å². The van der Waals surface area contributed by atoms with Gasteiger partial charge in [-0.15, -0.1) is 0 Å². The van der Waals surface area contributed by atoms with Crippen LogP contribution in [0.1, 0.15) is 31.2 Å². The molecule has 168 valence electrons. The summed E-state index contributed by atoms with van der Waals surface area (Å²) >= 11 is 6.02. The zero-order valence-electron chi connectivity index (χ0n) is 18.0. The van der Waals surface area contributed by atoms with Gasteiger partial charge in [-0.1, -0.05) is 41.9 Å². The first-order valence-electron chi connectivity index (χ1n) is 10.8. The molecule has 1 N–H and O–H groups in total. The maximum absolute atomic E-state index is 12.6. The number of nitriles is 1. The number of esters is 1. The summed E-state index contributed by atoms with van der Waals surface area (Å²) in [6.07, 6.45) is 4.75. The Hall–Kier alpha value is -3.63. The average molecular weight is 463 g/mol. The van der Waals surface area contributed by atoms with E-state index in [0.29, 0.717) is 29.1 Å².